The highest BCUT2D eigenvalue weighted by atomic mass is 16.5. The predicted octanol–water partition coefficient (Wildman–Crippen LogP) is 0.241. The Bertz CT molecular complexity index is 362. The number of rotatable bonds is 7. The lowest BCUT2D eigenvalue weighted by Gasteiger charge is -2.27. The fourth-order valence-electron chi connectivity index (χ4n) is 2.31. The Labute approximate surface area is 115 Å². The van der Waals surface area contributed by atoms with Gasteiger partial charge in [0.05, 0.1) is 13.2 Å². The van der Waals surface area contributed by atoms with E-state index in [1.54, 1.807) is 6.33 Å². The number of hydrogen-bond acceptors (Lipinski definition) is 5. The Morgan fingerprint density at radius 1 is 1.26 bits per heavy atom. The number of hydrogen-bond donors (Lipinski definition) is 0. The summed E-state index contributed by atoms with van der Waals surface area (Å²) in [5.74, 6) is 0.988. The first-order chi connectivity index (χ1) is 9.25. The number of aryl methyl sites for hydroxylation is 1. The second-order valence-corrected chi connectivity index (χ2v) is 5.18. The third-order valence-corrected chi connectivity index (χ3v) is 3.65. The zero-order valence-corrected chi connectivity index (χ0v) is 12.1. The van der Waals surface area contributed by atoms with Gasteiger partial charge < -0.3 is 14.2 Å². The van der Waals surface area contributed by atoms with Gasteiger partial charge in [-0.2, -0.15) is 0 Å². The van der Waals surface area contributed by atoms with E-state index in [4.69, 9.17) is 4.74 Å². The van der Waals surface area contributed by atoms with Gasteiger partial charge in [0.2, 0.25) is 0 Å². The first-order valence-corrected chi connectivity index (χ1v) is 7.09. The predicted molar refractivity (Wildman–Crippen MR) is 74.1 cm³/mol. The van der Waals surface area contributed by atoms with Crippen LogP contribution >= 0.6 is 0 Å². The van der Waals surface area contributed by atoms with Crippen LogP contribution in [-0.2, 0) is 11.3 Å². The van der Waals surface area contributed by atoms with Crippen molar-refractivity contribution < 1.29 is 4.74 Å². The molecular weight excluding hydrogens is 242 g/mol. The van der Waals surface area contributed by atoms with Gasteiger partial charge in [0.15, 0.2) is 0 Å². The Kier molecular flexibility index (Phi) is 5.75. The summed E-state index contributed by atoms with van der Waals surface area (Å²) >= 11 is 0. The molecule has 0 bridgehead atoms. The Balaban J connectivity index is 1.56. The first-order valence-electron chi connectivity index (χ1n) is 7.09. The number of nitrogens with zero attached hydrogens (tertiary/aromatic N) is 5. The van der Waals surface area contributed by atoms with E-state index < -0.39 is 0 Å². The summed E-state index contributed by atoms with van der Waals surface area (Å²) in [6, 6.07) is 0. The molecule has 0 aliphatic carbocycles. The van der Waals surface area contributed by atoms with Crippen LogP contribution in [0.25, 0.3) is 0 Å². The van der Waals surface area contributed by atoms with Gasteiger partial charge >= 0.3 is 0 Å². The fourth-order valence-corrected chi connectivity index (χ4v) is 2.31. The molecule has 6 nitrogen and oxygen atoms in total. The minimum absolute atomic E-state index is 0.892. The minimum atomic E-state index is 0.892. The Morgan fingerprint density at radius 2 is 2.05 bits per heavy atom. The molecule has 2 heterocycles. The summed E-state index contributed by atoms with van der Waals surface area (Å²) in [7, 11) is 2.18. The third kappa shape index (κ3) is 4.89. The van der Waals surface area contributed by atoms with Crippen molar-refractivity contribution in [1.82, 2.24) is 24.6 Å². The van der Waals surface area contributed by atoms with Gasteiger partial charge in [0, 0.05) is 26.2 Å². The van der Waals surface area contributed by atoms with Gasteiger partial charge in [-0.25, -0.2) is 0 Å². The zero-order chi connectivity index (χ0) is 13.5. The zero-order valence-electron chi connectivity index (χ0n) is 12.1. The van der Waals surface area contributed by atoms with E-state index in [9.17, 15) is 0 Å². The van der Waals surface area contributed by atoms with Gasteiger partial charge in [-0.1, -0.05) is 0 Å². The molecule has 0 saturated carbocycles. The lowest BCUT2D eigenvalue weighted by atomic mass is 10.3. The lowest BCUT2D eigenvalue weighted by molar-refractivity contribution is 0.0364. The Morgan fingerprint density at radius 3 is 2.74 bits per heavy atom. The topological polar surface area (TPSA) is 46.4 Å². The van der Waals surface area contributed by atoms with Gasteiger partial charge in [0.25, 0.3) is 0 Å². The highest BCUT2D eigenvalue weighted by Crippen LogP contribution is 1.99. The Hall–Kier alpha value is -0.980. The monoisotopic (exact) mass is 267 g/mol. The molecule has 19 heavy (non-hydrogen) atoms. The molecule has 0 atom stereocenters. The fraction of sp³-hybridized carbons (Fsp3) is 0.846. The molecule has 2 rings (SSSR count). The van der Waals surface area contributed by atoms with Crippen LogP contribution in [0.15, 0.2) is 6.33 Å². The second-order valence-electron chi connectivity index (χ2n) is 5.18. The quantitative estimate of drug-likeness (QED) is 0.708. The van der Waals surface area contributed by atoms with Crippen molar-refractivity contribution in [3.63, 3.8) is 0 Å². The molecule has 0 N–H and O–H groups in total. The van der Waals surface area contributed by atoms with Crippen molar-refractivity contribution in [3.05, 3.63) is 12.2 Å². The van der Waals surface area contributed by atoms with Gasteiger partial charge in [0.1, 0.15) is 12.2 Å². The molecular formula is C13H25N5O. The van der Waals surface area contributed by atoms with Gasteiger partial charge in [-0.3, -0.25) is 4.90 Å². The largest absolute Gasteiger partial charge is 0.379 e. The normalized spacial score (nSPS) is 17.2. The lowest BCUT2D eigenvalue weighted by Crippen LogP contribution is -2.38. The molecule has 6 heteroatoms. The highest BCUT2D eigenvalue weighted by Gasteiger charge is 2.09. The average Bonchev–Trinajstić information content (AvgIpc) is 2.83. The maximum atomic E-state index is 5.35. The molecule has 0 unspecified atom stereocenters. The van der Waals surface area contributed by atoms with Crippen LogP contribution in [0.1, 0.15) is 12.2 Å². The molecule has 0 aromatic carbocycles. The average molecular weight is 267 g/mol. The maximum absolute atomic E-state index is 5.35. The summed E-state index contributed by atoms with van der Waals surface area (Å²) < 4.78 is 7.45. The van der Waals surface area contributed by atoms with Crippen LogP contribution in [0.3, 0.4) is 0 Å². The molecule has 0 amide bonds. The smallest absolute Gasteiger partial charge is 0.129 e. The molecule has 1 aliphatic heterocycles. The summed E-state index contributed by atoms with van der Waals surface area (Å²) in [6.45, 7) is 10.3. The summed E-state index contributed by atoms with van der Waals surface area (Å²) in [5, 5.41) is 7.89. The van der Waals surface area contributed by atoms with Gasteiger partial charge in [-0.15, -0.1) is 10.2 Å². The van der Waals surface area contributed by atoms with Crippen LogP contribution in [0.5, 0.6) is 0 Å². The maximum Gasteiger partial charge on any atom is 0.129 e. The van der Waals surface area contributed by atoms with E-state index in [0.717, 1.165) is 51.8 Å². The molecule has 1 aromatic rings. The molecule has 1 saturated heterocycles. The number of likely N-dealkylation sites (N-methyl/N-ethyl adjacent to an activating group) is 1. The molecule has 0 radical (unpaired) electrons. The van der Waals surface area contributed by atoms with Crippen LogP contribution < -0.4 is 0 Å². The third-order valence-electron chi connectivity index (χ3n) is 3.65. The van der Waals surface area contributed by atoms with Crippen LogP contribution in [0.2, 0.25) is 0 Å². The molecule has 1 aromatic heterocycles. The summed E-state index contributed by atoms with van der Waals surface area (Å²) in [5.41, 5.74) is 0. The number of aromatic nitrogens is 3. The van der Waals surface area contributed by atoms with Crippen molar-refractivity contribution in [2.45, 2.75) is 19.9 Å². The molecule has 1 aliphatic rings. The second kappa shape index (κ2) is 7.57. The highest BCUT2D eigenvalue weighted by molar-refractivity contribution is 4.80. The van der Waals surface area contributed by atoms with E-state index in [0.29, 0.717) is 0 Å². The molecule has 1 fully saturated rings. The first kappa shape index (κ1) is 14.4. The van der Waals surface area contributed by atoms with E-state index in [1.165, 1.54) is 13.0 Å². The van der Waals surface area contributed by atoms with E-state index in [2.05, 4.69) is 31.6 Å². The van der Waals surface area contributed by atoms with Crippen molar-refractivity contribution in [2.24, 2.45) is 0 Å². The molecule has 108 valence electrons. The summed E-state index contributed by atoms with van der Waals surface area (Å²) in [4.78, 5) is 4.86. The minimum Gasteiger partial charge on any atom is -0.379 e. The number of ether oxygens (including phenoxy) is 1. The van der Waals surface area contributed by atoms with Crippen molar-refractivity contribution >= 4 is 0 Å². The SMILES string of the molecule is Cc1nncn1CCN(C)CCCN1CCOCC1. The van der Waals surface area contributed by atoms with Crippen LogP contribution in [0.4, 0.5) is 0 Å². The van der Waals surface area contributed by atoms with E-state index in [1.807, 2.05) is 6.92 Å². The van der Waals surface area contributed by atoms with E-state index >= 15 is 0 Å². The van der Waals surface area contributed by atoms with Crippen molar-refractivity contribution in [2.75, 3.05) is 53.0 Å². The van der Waals surface area contributed by atoms with E-state index in [-0.39, 0.29) is 0 Å². The summed E-state index contributed by atoms with van der Waals surface area (Å²) in [6.07, 6.45) is 3.02. The standard InChI is InChI=1S/C13H25N5O/c1-13-15-14-12-18(13)7-6-16(2)4-3-5-17-8-10-19-11-9-17/h12H,3-11H2,1-2H3. The van der Waals surface area contributed by atoms with Gasteiger partial charge in [-0.05, 0) is 33.5 Å². The van der Waals surface area contributed by atoms with Crippen molar-refractivity contribution in [1.29, 1.82) is 0 Å². The van der Waals surface area contributed by atoms with Crippen molar-refractivity contribution in [3.8, 4) is 0 Å². The number of morpholine rings is 1. The van der Waals surface area contributed by atoms with Crippen LogP contribution in [-0.4, -0.2) is 77.5 Å². The molecule has 0 spiro atoms. The van der Waals surface area contributed by atoms with Crippen LogP contribution in [0, 0.1) is 6.92 Å².